The van der Waals surface area contributed by atoms with Crippen molar-refractivity contribution in [1.82, 2.24) is 4.90 Å². The Labute approximate surface area is 139 Å². The number of amides is 2. The average molecular weight is 357 g/mol. The van der Waals surface area contributed by atoms with E-state index >= 15 is 0 Å². The van der Waals surface area contributed by atoms with E-state index in [1.807, 2.05) is 0 Å². The number of halogens is 2. The molecule has 25 heavy (non-hydrogen) atoms. The molecule has 134 valence electrons. The van der Waals surface area contributed by atoms with E-state index in [2.05, 4.69) is 5.32 Å². The summed E-state index contributed by atoms with van der Waals surface area (Å²) in [6, 6.07) is 3.20. The van der Waals surface area contributed by atoms with Crippen LogP contribution in [0.2, 0.25) is 0 Å². The van der Waals surface area contributed by atoms with E-state index in [-0.39, 0.29) is 23.7 Å². The van der Waals surface area contributed by atoms with Crippen LogP contribution in [0.25, 0.3) is 0 Å². The number of ether oxygens (including phenoxy) is 1. The summed E-state index contributed by atoms with van der Waals surface area (Å²) in [5, 5.41) is 22.3. The third-order valence-electron chi connectivity index (χ3n) is 3.09. The second kappa shape index (κ2) is 7.66. The standard InChI is InChI=1S/C14H13F2N3O6/c15-12(16)7-25-10-4-8(3-9(5-10)19(23)24)17-11-6-13(21)18(1-2-20)14(11)22/h3-6,12,17,20H,1-2,7H2. The Hall–Kier alpha value is -3.08. The van der Waals surface area contributed by atoms with Crippen LogP contribution in [-0.4, -0.2) is 52.9 Å². The molecule has 0 bridgehead atoms. The van der Waals surface area contributed by atoms with E-state index in [0.717, 1.165) is 23.1 Å². The highest BCUT2D eigenvalue weighted by molar-refractivity contribution is 6.17. The molecule has 0 unspecified atom stereocenters. The fourth-order valence-corrected chi connectivity index (χ4v) is 2.07. The number of hydrogen-bond acceptors (Lipinski definition) is 7. The number of carbonyl (C=O) groups excluding carboxylic acids is 2. The van der Waals surface area contributed by atoms with E-state index in [4.69, 9.17) is 9.84 Å². The summed E-state index contributed by atoms with van der Waals surface area (Å²) in [7, 11) is 0. The van der Waals surface area contributed by atoms with Gasteiger partial charge in [-0.05, 0) is 0 Å². The minimum absolute atomic E-state index is 0.0108. The fourth-order valence-electron chi connectivity index (χ4n) is 2.07. The van der Waals surface area contributed by atoms with Gasteiger partial charge >= 0.3 is 0 Å². The Morgan fingerprint density at radius 1 is 1.32 bits per heavy atom. The van der Waals surface area contributed by atoms with Crippen LogP contribution in [0.1, 0.15) is 0 Å². The Balaban J connectivity index is 2.23. The lowest BCUT2D eigenvalue weighted by molar-refractivity contribution is -0.384. The molecule has 0 fully saturated rings. The first-order chi connectivity index (χ1) is 11.8. The summed E-state index contributed by atoms with van der Waals surface area (Å²) in [5.41, 5.74) is -0.602. The maximum absolute atomic E-state index is 12.2. The highest BCUT2D eigenvalue weighted by atomic mass is 19.3. The molecular weight excluding hydrogens is 344 g/mol. The van der Waals surface area contributed by atoms with Crippen LogP contribution in [0.15, 0.2) is 30.0 Å². The van der Waals surface area contributed by atoms with Gasteiger partial charge < -0.3 is 15.2 Å². The monoisotopic (exact) mass is 357 g/mol. The molecule has 2 N–H and O–H groups in total. The van der Waals surface area contributed by atoms with Gasteiger partial charge in [-0.2, -0.15) is 0 Å². The maximum atomic E-state index is 12.2. The Bertz CT molecular complexity index is 737. The number of non-ortho nitro benzene ring substituents is 1. The average Bonchev–Trinajstić information content (AvgIpc) is 2.80. The van der Waals surface area contributed by atoms with Gasteiger partial charge in [0, 0.05) is 23.9 Å². The third-order valence-corrected chi connectivity index (χ3v) is 3.09. The van der Waals surface area contributed by atoms with Crippen LogP contribution < -0.4 is 10.1 Å². The molecule has 9 nitrogen and oxygen atoms in total. The van der Waals surface area contributed by atoms with Crippen LogP contribution in [0.4, 0.5) is 20.2 Å². The smallest absolute Gasteiger partial charge is 0.277 e. The van der Waals surface area contributed by atoms with Gasteiger partial charge in [-0.25, -0.2) is 8.78 Å². The minimum atomic E-state index is -2.76. The van der Waals surface area contributed by atoms with Crippen molar-refractivity contribution in [1.29, 1.82) is 0 Å². The predicted octanol–water partition coefficient (Wildman–Crippen LogP) is 0.896. The molecule has 2 amide bonds. The second-order valence-electron chi connectivity index (χ2n) is 4.88. The lowest BCUT2D eigenvalue weighted by Gasteiger charge is -2.14. The van der Waals surface area contributed by atoms with Crippen molar-refractivity contribution in [3.05, 3.63) is 40.1 Å². The molecule has 0 saturated carbocycles. The molecule has 0 saturated heterocycles. The number of aliphatic hydroxyl groups excluding tert-OH is 1. The number of carbonyl (C=O) groups is 2. The second-order valence-corrected chi connectivity index (χ2v) is 4.88. The highest BCUT2D eigenvalue weighted by Gasteiger charge is 2.30. The van der Waals surface area contributed by atoms with Gasteiger partial charge in [0.15, 0.2) is 0 Å². The predicted molar refractivity (Wildman–Crippen MR) is 80.1 cm³/mol. The first kappa shape index (κ1) is 18.3. The quantitative estimate of drug-likeness (QED) is 0.402. The van der Waals surface area contributed by atoms with Crippen molar-refractivity contribution < 1.29 is 33.1 Å². The zero-order valence-electron chi connectivity index (χ0n) is 12.6. The number of nitro benzene ring substituents is 1. The fraction of sp³-hybridized carbons (Fsp3) is 0.286. The molecule has 2 rings (SSSR count). The largest absolute Gasteiger partial charge is 0.487 e. The van der Waals surface area contributed by atoms with Crippen molar-refractivity contribution in [2.45, 2.75) is 6.43 Å². The van der Waals surface area contributed by atoms with E-state index in [0.29, 0.717) is 0 Å². The van der Waals surface area contributed by atoms with Crippen LogP contribution in [-0.2, 0) is 9.59 Å². The molecule has 1 aliphatic heterocycles. The van der Waals surface area contributed by atoms with Gasteiger partial charge in [0.2, 0.25) is 0 Å². The highest BCUT2D eigenvalue weighted by Crippen LogP contribution is 2.28. The lowest BCUT2D eigenvalue weighted by atomic mass is 10.2. The molecule has 0 atom stereocenters. The van der Waals surface area contributed by atoms with Gasteiger partial charge in [-0.15, -0.1) is 0 Å². The van der Waals surface area contributed by atoms with E-state index in [1.54, 1.807) is 0 Å². The van der Waals surface area contributed by atoms with Crippen molar-refractivity contribution >= 4 is 23.2 Å². The van der Waals surface area contributed by atoms with Gasteiger partial charge in [0.05, 0.1) is 24.1 Å². The molecule has 0 aliphatic carbocycles. The number of hydrogen-bond donors (Lipinski definition) is 2. The van der Waals surface area contributed by atoms with Crippen molar-refractivity contribution in [3.63, 3.8) is 0 Å². The number of benzene rings is 1. The zero-order chi connectivity index (χ0) is 18.6. The summed E-state index contributed by atoms with van der Waals surface area (Å²) in [6.45, 7) is -1.57. The van der Waals surface area contributed by atoms with E-state index in [9.17, 15) is 28.5 Å². The lowest BCUT2D eigenvalue weighted by Crippen LogP contribution is -2.34. The Morgan fingerprint density at radius 3 is 2.64 bits per heavy atom. The van der Waals surface area contributed by atoms with Gasteiger partial charge in [-0.3, -0.25) is 24.6 Å². The third kappa shape index (κ3) is 4.47. The van der Waals surface area contributed by atoms with E-state index < -0.39 is 42.1 Å². The number of nitro groups is 1. The Kier molecular flexibility index (Phi) is 5.60. The molecule has 1 aromatic carbocycles. The topological polar surface area (TPSA) is 122 Å². The number of rotatable bonds is 8. The molecule has 1 aromatic rings. The summed E-state index contributed by atoms with van der Waals surface area (Å²) < 4.78 is 29.2. The molecule has 0 radical (unpaired) electrons. The number of imide groups is 1. The molecule has 0 aromatic heterocycles. The molecule has 1 aliphatic rings. The van der Waals surface area contributed by atoms with Crippen molar-refractivity contribution in [3.8, 4) is 5.75 Å². The van der Waals surface area contributed by atoms with Crippen LogP contribution in [0, 0.1) is 10.1 Å². The van der Waals surface area contributed by atoms with Gasteiger partial charge in [0.25, 0.3) is 23.9 Å². The summed E-state index contributed by atoms with van der Waals surface area (Å²) in [6.07, 6.45) is -1.80. The van der Waals surface area contributed by atoms with Gasteiger partial charge in [0.1, 0.15) is 18.1 Å². The van der Waals surface area contributed by atoms with Crippen molar-refractivity contribution in [2.24, 2.45) is 0 Å². The minimum Gasteiger partial charge on any atom is -0.487 e. The Morgan fingerprint density at radius 2 is 2.04 bits per heavy atom. The number of nitrogens with zero attached hydrogens (tertiary/aromatic N) is 2. The number of nitrogens with one attached hydrogen (secondary N) is 1. The zero-order valence-corrected chi connectivity index (χ0v) is 12.6. The van der Waals surface area contributed by atoms with Crippen molar-refractivity contribution in [2.75, 3.05) is 25.1 Å². The number of alkyl halides is 2. The summed E-state index contributed by atoms with van der Waals surface area (Å²) in [5.74, 6) is -1.57. The summed E-state index contributed by atoms with van der Waals surface area (Å²) >= 11 is 0. The molecular formula is C14H13F2N3O6. The SMILES string of the molecule is O=C1C=C(Nc2cc(OCC(F)F)cc([N+](=O)[O-])c2)C(=O)N1CCO. The number of β-amino-alcohol motifs (C(OH)–C–C–N with tert-alkyl or cyclic N) is 1. The maximum Gasteiger partial charge on any atom is 0.277 e. The van der Waals surface area contributed by atoms with Crippen LogP contribution >= 0.6 is 0 Å². The summed E-state index contributed by atoms with van der Waals surface area (Å²) in [4.78, 5) is 34.7. The van der Waals surface area contributed by atoms with Gasteiger partial charge in [-0.1, -0.05) is 0 Å². The van der Waals surface area contributed by atoms with E-state index in [1.165, 1.54) is 6.07 Å². The molecule has 1 heterocycles. The first-order valence-electron chi connectivity index (χ1n) is 6.97. The van der Waals surface area contributed by atoms with Crippen LogP contribution in [0.3, 0.4) is 0 Å². The molecule has 0 spiro atoms. The number of anilines is 1. The van der Waals surface area contributed by atoms with Crippen LogP contribution in [0.5, 0.6) is 5.75 Å². The first-order valence-corrected chi connectivity index (χ1v) is 6.97. The number of aliphatic hydroxyl groups is 1. The normalized spacial score (nSPS) is 14.1. The molecule has 11 heteroatoms.